The molecular weight excluding hydrogens is 501 g/mol. The van der Waals surface area contributed by atoms with Crippen LogP contribution in [0.25, 0.3) is 0 Å². The molecule has 3 aromatic rings. The number of benzene rings is 3. The number of ether oxygens (including phenoxy) is 1. The molecule has 0 atom stereocenters. The number of nitrogens with one attached hydrogen (secondary N) is 1. The topological polar surface area (TPSA) is 79.0 Å². The summed E-state index contributed by atoms with van der Waals surface area (Å²) in [5.41, 5.74) is 3.58. The van der Waals surface area contributed by atoms with Crippen LogP contribution >= 0.6 is 23.2 Å². The maximum atomic E-state index is 13.1. The summed E-state index contributed by atoms with van der Waals surface area (Å²) in [5, 5.41) is 3.00. The van der Waals surface area contributed by atoms with Crippen LogP contribution in [0.4, 0.5) is 11.4 Å². The van der Waals surface area contributed by atoms with Gasteiger partial charge in [-0.2, -0.15) is 0 Å². The van der Waals surface area contributed by atoms with E-state index in [4.69, 9.17) is 27.9 Å². The Morgan fingerprint density at radius 1 is 0.944 bits per heavy atom. The van der Waals surface area contributed by atoms with Gasteiger partial charge in [-0.15, -0.1) is 0 Å². The Morgan fingerprint density at radius 3 is 2.39 bits per heavy atom. The van der Waals surface area contributed by atoms with Crippen LogP contribution in [0.5, 0.6) is 5.75 Å². The molecule has 0 fully saturated rings. The average Bonchev–Trinajstić information content (AvgIpc) is 3.11. The summed E-state index contributed by atoms with van der Waals surface area (Å²) in [5.74, 6) is -1.10. The highest BCUT2D eigenvalue weighted by atomic mass is 35.5. The van der Waals surface area contributed by atoms with E-state index < -0.39 is 11.8 Å². The van der Waals surface area contributed by atoms with Gasteiger partial charge in [-0.3, -0.25) is 14.4 Å². The number of anilines is 2. The SMILES string of the molecule is COc1ccc(Cl)cc1N1C(=O)C(Cl)=C(Nc2ccc(C(=O)N3CCc4ccccc4C3)cc2)C1=O. The second kappa shape index (κ2) is 9.68. The van der Waals surface area contributed by atoms with Gasteiger partial charge in [0.2, 0.25) is 0 Å². The monoisotopic (exact) mass is 521 g/mol. The maximum absolute atomic E-state index is 13.1. The van der Waals surface area contributed by atoms with E-state index in [-0.39, 0.29) is 22.3 Å². The summed E-state index contributed by atoms with van der Waals surface area (Å²) in [6.07, 6.45) is 0.818. The quantitative estimate of drug-likeness (QED) is 0.479. The number of fused-ring (bicyclic) bond motifs is 1. The number of carbonyl (C=O) groups excluding carboxylic acids is 3. The van der Waals surface area contributed by atoms with Gasteiger partial charge in [0.25, 0.3) is 17.7 Å². The predicted molar refractivity (Wildman–Crippen MR) is 138 cm³/mol. The van der Waals surface area contributed by atoms with Crippen molar-refractivity contribution in [3.8, 4) is 5.75 Å². The predicted octanol–water partition coefficient (Wildman–Crippen LogP) is 4.98. The normalized spacial score (nSPS) is 15.3. The van der Waals surface area contributed by atoms with Gasteiger partial charge in [0, 0.05) is 29.4 Å². The Hall–Kier alpha value is -3.81. The minimum absolute atomic E-state index is 0.0698. The molecule has 0 aliphatic carbocycles. The Labute approximate surface area is 217 Å². The summed E-state index contributed by atoms with van der Waals surface area (Å²) >= 11 is 12.3. The Kier molecular flexibility index (Phi) is 6.43. The highest BCUT2D eigenvalue weighted by molar-refractivity contribution is 6.53. The molecule has 182 valence electrons. The van der Waals surface area contributed by atoms with E-state index in [1.54, 1.807) is 36.4 Å². The molecule has 0 bridgehead atoms. The van der Waals surface area contributed by atoms with Crippen molar-refractivity contribution in [2.75, 3.05) is 23.9 Å². The van der Waals surface area contributed by atoms with Gasteiger partial charge in [0.1, 0.15) is 16.5 Å². The van der Waals surface area contributed by atoms with Crippen LogP contribution in [-0.4, -0.2) is 36.3 Å². The van der Waals surface area contributed by atoms with Crippen LogP contribution in [0.15, 0.2) is 77.5 Å². The van der Waals surface area contributed by atoms with Crippen molar-refractivity contribution in [1.82, 2.24) is 4.90 Å². The van der Waals surface area contributed by atoms with Crippen molar-refractivity contribution in [3.05, 3.63) is 99.2 Å². The smallest absolute Gasteiger partial charge is 0.283 e. The lowest BCUT2D eigenvalue weighted by Gasteiger charge is -2.29. The first-order valence-corrected chi connectivity index (χ1v) is 12.0. The molecule has 1 N–H and O–H groups in total. The summed E-state index contributed by atoms with van der Waals surface area (Å²) in [6.45, 7) is 1.22. The fourth-order valence-corrected chi connectivity index (χ4v) is 4.74. The van der Waals surface area contributed by atoms with E-state index >= 15 is 0 Å². The van der Waals surface area contributed by atoms with E-state index in [1.807, 2.05) is 23.1 Å². The molecule has 2 aliphatic rings. The number of carbonyl (C=O) groups is 3. The van der Waals surface area contributed by atoms with Crippen LogP contribution in [0.3, 0.4) is 0 Å². The van der Waals surface area contributed by atoms with E-state index in [2.05, 4.69) is 11.4 Å². The average molecular weight is 522 g/mol. The van der Waals surface area contributed by atoms with E-state index in [0.29, 0.717) is 35.1 Å². The third-order valence-corrected chi connectivity index (χ3v) is 6.81. The highest BCUT2D eigenvalue weighted by Crippen LogP contribution is 2.37. The summed E-state index contributed by atoms with van der Waals surface area (Å²) in [4.78, 5) is 41.7. The van der Waals surface area contributed by atoms with Gasteiger partial charge >= 0.3 is 0 Å². The number of hydrogen-bond acceptors (Lipinski definition) is 5. The summed E-state index contributed by atoms with van der Waals surface area (Å²) in [7, 11) is 1.43. The first-order chi connectivity index (χ1) is 17.4. The van der Waals surface area contributed by atoms with Crippen LogP contribution in [0.2, 0.25) is 5.02 Å². The van der Waals surface area contributed by atoms with Gasteiger partial charge in [-0.25, -0.2) is 4.90 Å². The van der Waals surface area contributed by atoms with Gasteiger partial charge in [0.05, 0.1) is 12.8 Å². The molecule has 0 saturated carbocycles. The zero-order valence-electron chi connectivity index (χ0n) is 19.3. The molecule has 0 unspecified atom stereocenters. The van der Waals surface area contributed by atoms with Gasteiger partial charge in [0.15, 0.2) is 0 Å². The van der Waals surface area contributed by atoms with Crippen molar-refractivity contribution in [3.63, 3.8) is 0 Å². The number of halogens is 2. The molecule has 0 spiro atoms. The standard InChI is InChI=1S/C27H21Cl2N3O4/c1-36-22-11-8-19(28)14-21(22)32-26(34)23(29)24(27(32)35)30-20-9-6-17(7-10-20)25(33)31-13-12-16-4-2-3-5-18(16)15-31/h2-11,14,30H,12-13,15H2,1H3. The fraction of sp³-hybridized carbons (Fsp3) is 0.148. The fourth-order valence-electron chi connectivity index (χ4n) is 4.36. The molecular formula is C27H21Cl2N3O4. The molecule has 2 heterocycles. The number of methoxy groups -OCH3 is 1. The highest BCUT2D eigenvalue weighted by Gasteiger charge is 2.40. The number of nitrogens with zero attached hydrogens (tertiary/aromatic N) is 2. The molecule has 0 radical (unpaired) electrons. The first kappa shape index (κ1) is 23.9. The number of rotatable bonds is 5. The molecule has 0 saturated heterocycles. The number of imide groups is 1. The third-order valence-electron chi connectivity index (χ3n) is 6.23. The van der Waals surface area contributed by atoms with Crippen LogP contribution in [-0.2, 0) is 22.6 Å². The van der Waals surface area contributed by atoms with Crippen molar-refractivity contribution in [2.45, 2.75) is 13.0 Å². The second-order valence-corrected chi connectivity index (χ2v) is 9.21. The number of hydrogen-bond donors (Lipinski definition) is 1. The van der Waals surface area contributed by atoms with Crippen LogP contribution < -0.4 is 15.0 Å². The van der Waals surface area contributed by atoms with E-state index in [9.17, 15) is 14.4 Å². The Bertz CT molecular complexity index is 1420. The van der Waals surface area contributed by atoms with Gasteiger partial charge in [-0.1, -0.05) is 47.5 Å². The molecule has 9 heteroatoms. The summed E-state index contributed by atoms with van der Waals surface area (Å²) in [6, 6.07) is 19.4. The van der Waals surface area contributed by atoms with Crippen LogP contribution in [0, 0.1) is 0 Å². The molecule has 3 amide bonds. The minimum Gasteiger partial charge on any atom is -0.495 e. The number of amides is 3. The lowest BCUT2D eigenvalue weighted by atomic mass is 9.99. The van der Waals surface area contributed by atoms with Crippen molar-refractivity contribution in [2.24, 2.45) is 0 Å². The second-order valence-electron chi connectivity index (χ2n) is 8.40. The van der Waals surface area contributed by atoms with Crippen molar-refractivity contribution in [1.29, 1.82) is 0 Å². The maximum Gasteiger partial charge on any atom is 0.283 e. The molecule has 36 heavy (non-hydrogen) atoms. The van der Waals surface area contributed by atoms with Gasteiger partial charge in [-0.05, 0) is 60.0 Å². The first-order valence-electron chi connectivity index (χ1n) is 11.2. The summed E-state index contributed by atoms with van der Waals surface area (Å²) < 4.78 is 5.28. The Morgan fingerprint density at radius 2 is 1.67 bits per heavy atom. The van der Waals surface area contributed by atoms with Crippen LogP contribution in [0.1, 0.15) is 21.5 Å². The Balaban J connectivity index is 1.32. The molecule has 0 aromatic heterocycles. The van der Waals surface area contributed by atoms with E-state index in [0.717, 1.165) is 16.9 Å². The molecule has 7 nitrogen and oxygen atoms in total. The molecule has 3 aromatic carbocycles. The van der Waals surface area contributed by atoms with Crippen molar-refractivity contribution >= 4 is 52.3 Å². The lowest BCUT2D eigenvalue weighted by molar-refractivity contribution is -0.120. The van der Waals surface area contributed by atoms with E-state index in [1.165, 1.54) is 18.7 Å². The largest absolute Gasteiger partial charge is 0.495 e. The van der Waals surface area contributed by atoms with Crippen molar-refractivity contribution < 1.29 is 19.1 Å². The van der Waals surface area contributed by atoms with Gasteiger partial charge < -0.3 is 15.0 Å². The molecule has 5 rings (SSSR count). The minimum atomic E-state index is -0.693. The molecule has 2 aliphatic heterocycles. The lowest BCUT2D eigenvalue weighted by Crippen LogP contribution is -2.35. The third kappa shape index (κ3) is 4.32. The zero-order chi connectivity index (χ0) is 25.4. The zero-order valence-corrected chi connectivity index (χ0v) is 20.8.